The Balaban J connectivity index is 1.82. The van der Waals surface area contributed by atoms with Crippen molar-refractivity contribution in [3.05, 3.63) is 35.7 Å². The van der Waals surface area contributed by atoms with Gasteiger partial charge in [0.05, 0.1) is 12.2 Å². The maximum atomic E-state index is 11.5. The highest BCUT2D eigenvalue weighted by atomic mass is 32.2. The Morgan fingerprint density at radius 3 is 2.95 bits per heavy atom. The summed E-state index contributed by atoms with van der Waals surface area (Å²) >= 11 is 0. The van der Waals surface area contributed by atoms with E-state index in [1.54, 1.807) is 18.6 Å². The maximum absolute atomic E-state index is 11.5. The van der Waals surface area contributed by atoms with E-state index < -0.39 is 9.84 Å². The fourth-order valence-corrected chi connectivity index (χ4v) is 2.77. The Bertz CT molecular complexity index is 711. The van der Waals surface area contributed by atoms with Gasteiger partial charge in [-0.2, -0.15) is 0 Å². The molecule has 1 aliphatic heterocycles. The third kappa shape index (κ3) is 2.70. The van der Waals surface area contributed by atoms with E-state index in [9.17, 15) is 8.42 Å². The fourth-order valence-electron chi connectivity index (χ4n) is 2.25. The molecule has 0 saturated carbocycles. The van der Waals surface area contributed by atoms with Crippen LogP contribution < -0.4 is 0 Å². The van der Waals surface area contributed by atoms with Gasteiger partial charge >= 0.3 is 0 Å². The molecule has 0 bridgehead atoms. The summed E-state index contributed by atoms with van der Waals surface area (Å²) in [7, 11) is -3.36. The van der Waals surface area contributed by atoms with E-state index in [0.717, 1.165) is 36.3 Å². The lowest BCUT2D eigenvalue weighted by Crippen LogP contribution is -2.31. The molecule has 0 saturated heterocycles. The van der Waals surface area contributed by atoms with Crippen molar-refractivity contribution in [2.75, 3.05) is 12.8 Å². The lowest BCUT2D eigenvalue weighted by molar-refractivity contribution is 0.234. The van der Waals surface area contributed by atoms with Gasteiger partial charge in [0.25, 0.3) is 0 Å². The molecule has 0 fully saturated rings. The molecule has 0 radical (unpaired) electrons. The lowest BCUT2D eigenvalue weighted by atomic mass is 10.1. The van der Waals surface area contributed by atoms with E-state index in [1.807, 2.05) is 0 Å². The molecule has 0 atom stereocenters. The first kappa shape index (κ1) is 13.2. The van der Waals surface area contributed by atoms with Crippen molar-refractivity contribution in [3.63, 3.8) is 0 Å². The molecule has 0 aliphatic carbocycles. The van der Waals surface area contributed by atoms with Gasteiger partial charge in [-0.05, 0) is 12.0 Å². The molecular weight excluding hydrogens is 278 g/mol. The van der Waals surface area contributed by atoms with E-state index in [4.69, 9.17) is 0 Å². The molecule has 0 spiro atoms. The summed E-state index contributed by atoms with van der Waals surface area (Å²) < 4.78 is 23.0. The molecule has 1 N–H and O–H groups in total. The number of fused-ring (bicyclic) bond motifs is 1. The van der Waals surface area contributed by atoms with Gasteiger partial charge < -0.3 is 4.98 Å². The van der Waals surface area contributed by atoms with Crippen LogP contribution in [-0.2, 0) is 29.3 Å². The Kier molecular flexibility index (Phi) is 3.27. The summed E-state index contributed by atoms with van der Waals surface area (Å²) in [4.78, 5) is 17.6. The van der Waals surface area contributed by atoms with Crippen LogP contribution in [0.1, 0.15) is 17.1 Å². The second kappa shape index (κ2) is 4.95. The van der Waals surface area contributed by atoms with Crippen molar-refractivity contribution >= 4 is 9.84 Å². The predicted octanol–water partition coefficient (Wildman–Crippen LogP) is 0.161. The molecule has 0 aromatic carbocycles. The van der Waals surface area contributed by atoms with Crippen LogP contribution in [0.4, 0.5) is 0 Å². The molecule has 2 aromatic heterocycles. The molecule has 0 amide bonds. The lowest BCUT2D eigenvalue weighted by Gasteiger charge is -2.26. The molecular formula is C12H15N5O2S. The molecule has 20 heavy (non-hydrogen) atoms. The average molecular weight is 293 g/mol. The minimum absolute atomic E-state index is 0.101. The van der Waals surface area contributed by atoms with Gasteiger partial charge in [0.15, 0.2) is 0 Å². The van der Waals surface area contributed by atoms with Gasteiger partial charge in [0.2, 0.25) is 15.0 Å². The van der Waals surface area contributed by atoms with Crippen molar-refractivity contribution in [2.45, 2.75) is 24.7 Å². The number of H-pyrrole nitrogens is 1. The number of nitrogens with zero attached hydrogens (tertiary/aromatic N) is 4. The molecule has 2 aromatic rings. The van der Waals surface area contributed by atoms with E-state index >= 15 is 0 Å². The van der Waals surface area contributed by atoms with Crippen molar-refractivity contribution in [1.82, 2.24) is 24.8 Å². The fraction of sp³-hybridized carbons (Fsp3) is 0.417. The molecule has 1 aliphatic rings. The average Bonchev–Trinajstić information content (AvgIpc) is 2.90. The monoisotopic (exact) mass is 293 g/mol. The van der Waals surface area contributed by atoms with Gasteiger partial charge in [0, 0.05) is 37.9 Å². The highest BCUT2D eigenvalue weighted by Crippen LogP contribution is 2.18. The van der Waals surface area contributed by atoms with Crippen LogP contribution in [0.5, 0.6) is 0 Å². The zero-order valence-corrected chi connectivity index (χ0v) is 11.9. The third-order valence-corrected chi connectivity index (χ3v) is 4.12. The molecule has 0 unspecified atom stereocenters. The maximum Gasteiger partial charge on any atom is 0.247 e. The van der Waals surface area contributed by atoms with E-state index in [2.05, 4.69) is 24.8 Å². The van der Waals surface area contributed by atoms with Gasteiger partial charge in [-0.1, -0.05) is 0 Å². The number of imidazole rings is 1. The van der Waals surface area contributed by atoms with Gasteiger partial charge in [-0.3, -0.25) is 4.90 Å². The normalized spacial score (nSPS) is 16.1. The highest BCUT2D eigenvalue weighted by molar-refractivity contribution is 7.90. The second-order valence-electron chi connectivity index (χ2n) is 4.89. The molecule has 7 nitrogen and oxygen atoms in total. The summed E-state index contributed by atoms with van der Waals surface area (Å²) in [6.07, 6.45) is 7.08. The van der Waals surface area contributed by atoms with Gasteiger partial charge in [0.1, 0.15) is 5.82 Å². The smallest absolute Gasteiger partial charge is 0.247 e. The summed E-state index contributed by atoms with van der Waals surface area (Å²) in [6, 6.07) is 0. The topological polar surface area (TPSA) is 91.8 Å². The number of rotatable bonds is 3. The standard InChI is InChI=1S/C12H15N5O2S/c1-20(18,19)12-15-6-9-2-5-17(7-10(9)16-12)8-11-13-3-4-14-11/h3-4,6H,2,5,7-8H2,1H3,(H,13,14). The first-order valence-corrected chi connectivity index (χ1v) is 8.17. The second-order valence-corrected chi connectivity index (χ2v) is 6.80. The Labute approximate surface area is 117 Å². The molecule has 106 valence electrons. The summed E-state index contributed by atoms with van der Waals surface area (Å²) in [5.74, 6) is 0.894. The van der Waals surface area contributed by atoms with Crippen molar-refractivity contribution in [1.29, 1.82) is 0 Å². The number of aromatic nitrogens is 4. The Morgan fingerprint density at radius 2 is 2.25 bits per heavy atom. The zero-order chi connectivity index (χ0) is 14.2. The highest BCUT2D eigenvalue weighted by Gasteiger charge is 2.21. The van der Waals surface area contributed by atoms with Crippen LogP contribution in [0.2, 0.25) is 0 Å². The number of nitrogens with one attached hydrogen (secondary N) is 1. The van der Waals surface area contributed by atoms with E-state index in [-0.39, 0.29) is 5.16 Å². The number of sulfone groups is 1. The Hall–Kier alpha value is -1.80. The van der Waals surface area contributed by atoms with Crippen molar-refractivity contribution < 1.29 is 8.42 Å². The van der Waals surface area contributed by atoms with E-state index in [1.165, 1.54) is 0 Å². The summed E-state index contributed by atoms with van der Waals surface area (Å²) in [6.45, 7) is 2.20. The van der Waals surface area contributed by atoms with Gasteiger partial charge in [-0.15, -0.1) is 0 Å². The van der Waals surface area contributed by atoms with Crippen LogP contribution in [-0.4, -0.2) is 46.1 Å². The van der Waals surface area contributed by atoms with Gasteiger partial charge in [-0.25, -0.2) is 23.4 Å². The van der Waals surface area contributed by atoms with Crippen molar-refractivity contribution in [3.8, 4) is 0 Å². The van der Waals surface area contributed by atoms with Crippen LogP contribution in [0, 0.1) is 0 Å². The first-order chi connectivity index (χ1) is 9.52. The first-order valence-electron chi connectivity index (χ1n) is 6.28. The number of aromatic amines is 1. The largest absolute Gasteiger partial charge is 0.348 e. The number of hydrogen-bond donors (Lipinski definition) is 1. The Morgan fingerprint density at radius 1 is 1.40 bits per heavy atom. The van der Waals surface area contributed by atoms with E-state index in [0.29, 0.717) is 13.1 Å². The SMILES string of the molecule is CS(=O)(=O)c1ncc2c(n1)CN(Cc1ncc[nH]1)CC2. The summed E-state index contributed by atoms with van der Waals surface area (Å²) in [5.41, 5.74) is 1.81. The zero-order valence-electron chi connectivity index (χ0n) is 11.1. The minimum atomic E-state index is -3.36. The summed E-state index contributed by atoms with van der Waals surface area (Å²) in [5, 5.41) is -0.101. The molecule has 8 heteroatoms. The van der Waals surface area contributed by atoms with Crippen molar-refractivity contribution in [2.24, 2.45) is 0 Å². The molecule has 3 rings (SSSR count). The third-order valence-electron chi connectivity index (χ3n) is 3.26. The van der Waals surface area contributed by atoms with Crippen LogP contribution in [0.3, 0.4) is 0 Å². The predicted molar refractivity (Wildman–Crippen MR) is 71.5 cm³/mol. The minimum Gasteiger partial charge on any atom is -0.348 e. The van der Waals surface area contributed by atoms with Crippen LogP contribution >= 0.6 is 0 Å². The van der Waals surface area contributed by atoms with Crippen LogP contribution in [0.15, 0.2) is 23.7 Å². The number of hydrogen-bond acceptors (Lipinski definition) is 6. The van der Waals surface area contributed by atoms with Crippen LogP contribution in [0.25, 0.3) is 0 Å². The quantitative estimate of drug-likeness (QED) is 0.811. The molecule has 3 heterocycles.